The van der Waals surface area contributed by atoms with Crippen molar-refractivity contribution in [2.24, 2.45) is 0 Å². The minimum atomic E-state index is -0.204. The number of benzene rings is 3. The van der Waals surface area contributed by atoms with Crippen LogP contribution in [-0.4, -0.2) is 20.8 Å². The molecule has 1 N–H and O–H groups in total. The van der Waals surface area contributed by atoms with Crippen molar-refractivity contribution in [1.82, 2.24) is 14.9 Å². The van der Waals surface area contributed by atoms with Crippen molar-refractivity contribution < 1.29 is 4.79 Å². The maximum atomic E-state index is 13.1. The van der Waals surface area contributed by atoms with Crippen molar-refractivity contribution in [1.29, 1.82) is 0 Å². The normalized spacial score (nSPS) is 11.2. The van der Waals surface area contributed by atoms with Gasteiger partial charge in [0.25, 0.3) is 5.56 Å². The van der Waals surface area contributed by atoms with Gasteiger partial charge in [-0.05, 0) is 41.3 Å². The lowest BCUT2D eigenvalue weighted by molar-refractivity contribution is -0.127. The fraction of sp³-hybridized carbons (Fsp3) is 0.148. The molecule has 5 heteroatoms. The summed E-state index contributed by atoms with van der Waals surface area (Å²) in [5.41, 5.74) is 3.64. The number of carbonyl (C=O) groups excluding carboxylic acids is 1. The molecule has 1 amide bonds. The molecule has 1 aromatic heterocycles. The predicted octanol–water partition coefficient (Wildman–Crippen LogP) is 4.73. The highest BCUT2D eigenvalue weighted by Crippen LogP contribution is 2.12. The van der Waals surface area contributed by atoms with Crippen molar-refractivity contribution in [3.63, 3.8) is 0 Å². The highest BCUT2D eigenvalue weighted by atomic mass is 16.2. The van der Waals surface area contributed by atoms with E-state index < -0.39 is 0 Å². The number of rotatable bonds is 7. The molecule has 4 rings (SSSR count). The summed E-state index contributed by atoms with van der Waals surface area (Å²) < 4.78 is 0. The van der Waals surface area contributed by atoms with Crippen LogP contribution in [0.25, 0.3) is 17.0 Å². The Labute approximate surface area is 187 Å². The molecule has 0 aliphatic heterocycles. The lowest BCUT2D eigenvalue weighted by Crippen LogP contribution is -2.30. The number of aromatic nitrogens is 2. The van der Waals surface area contributed by atoms with E-state index in [0.717, 1.165) is 17.5 Å². The Morgan fingerprint density at radius 3 is 2.38 bits per heavy atom. The van der Waals surface area contributed by atoms with Gasteiger partial charge in [0.2, 0.25) is 5.91 Å². The second kappa shape index (κ2) is 9.88. The molecule has 4 aromatic rings. The van der Waals surface area contributed by atoms with Crippen molar-refractivity contribution in [3.05, 3.63) is 118 Å². The van der Waals surface area contributed by atoms with Crippen LogP contribution in [0.2, 0.25) is 0 Å². The van der Waals surface area contributed by atoms with E-state index in [-0.39, 0.29) is 18.0 Å². The third kappa shape index (κ3) is 5.19. The van der Waals surface area contributed by atoms with Gasteiger partial charge < -0.3 is 9.88 Å². The van der Waals surface area contributed by atoms with Gasteiger partial charge in [-0.2, -0.15) is 0 Å². The van der Waals surface area contributed by atoms with E-state index in [1.165, 1.54) is 5.56 Å². The first kappa shape index (κ1) is 21.2. The van der Waals surface area contributed by atoms with Gasteiger partial charge in [0.15, 0.2) is 0 Å². The molecule has 0 spiro atoms. The van der Waals surface area contributed by atoms with Crippen LogP contribution in [0.4, 0.5) is 0 Å². The van der Waals surface area contributed by atoms with Gasteiger partial charge in [-0.1, -0.05) is 73.7 Å². The van der Waals surface area contributed by atoms with Crippen LogP contribution >= 0.6 is 0 Å². The Morgan fingerprint density at radius 1 is 0.906 bits per heavy atom. The molecule has 160 valence electrons. The zero-order valence-corrected chi connectivity index (χ0v) is 18.0. The van der Waals surface area contributed by atoms with Crippen LogP contribution in [0, 0.1) is 0 Å². The van der Waals surface area contributed by atoms with Crippen LogP contribution in [-0.2, 0) is 24.3 Å². The molecule has 0 fully saturated rings. The summed E-state index contributed by atoms with van der Waals surface area (Å²) in [5.74, 6) is 0.308. The van der Waals surface area contributed by atoms with E-state index in [1.807, 2.05) is 60.7 Å². The zero-order valence-electron chi connectivity index (χ0n) is 18.0. The standard InChI is InChI=1S/C27H25N3O2/c1-2-20-12-14-21(15-13-20)16-17-26(31)30(18-22-8-4-3-5-9-22)19-25-28-24-11-7-6-10-23(24)27(32)29-25/h3-17H,2,18-19H2,1H3,(H,28,29,32). The van der Waals surface area contributed by atoms with Gasteiger partial charge in [-0.3, -0.25) is 9.59 Å². The number of H-pyrrole nitrogens is 1. The Hall–Kier alpha value is -3.99. The van der Waals surface area contributed by atoms with Gasteiger partial charge in [-0.25, -0.2) is 4.98 Å². The summed E-state index contributed by atoms with van der Waals surface area (Å²) in [6.07, 6.45) is 4.37. The Bertz CT molecular complexity index is 1290. The molecule has 0 radical (unpaired) electrons. The number of para-hydroxylation sites is 1. The Morgan fingerprint density at radius 2 is 1.62 bits per heavy atom. The number of aromatic amines is 1. The van der Waals surface area contributed by atoms with Crippen LogP contribution in [0.15, 0.2) is 89.7 Å². The second-order valence-electron chi connectivity index (χ2n) is 7.64. The van der Waals surface area contributed by atoms with Gasteiger partial charge in [0, 0.05) is 12.6 Å². The number of amides is 1. The van der Waals surface area contributed by atoms with Crippen LogP contribution in [0.5, 0.6) is 0 Å². The van der Waals surface area contributed by atoms with Crippen molar-refractivity contribution in [2.75, 3.05) is 0 Å². The van der Waals surface area contributed by atoms with Crippen molar-refractivity contribution in [3.8, 4) is 0 Å². The second-order valence-corrected chi connectivity index (χ2v) is 7.64. The smallest absolute Gasteiger partial charge is 0.258 e. The number of nitrogens with zero attached hydrogens (tertiary/aromatic N) is 2. The van der Waals surface area contributed by atoms with Gasteiger partial charge >= 0.3 is 0 Å². The minimum Gasteiger partial charge on any atom is -0.327 e. The summed E-state index contributed by atoms with van der Waals surface area (Å²) in [6, 6.07) is 25.1. The quantitative estimate of drug-likeness (QED) is 0.437. The average molecular weight is 424 g/mol. The zero-order chi connectivity index (χ0) is 22.3. The summed E-state index contributed by atoms with van der Waals surface area (Å²) in [5, 5.41) is 0.535. The molecule has 0 unspecified atom stereocenters. The van der Waals surface area contributed by atoms with Crippen molar-refractivity contribution >= 4 is 22.9 Å². The molecule has 32 heavy (non-hydrogen) atoms. The van der Waals surface area contributed by atoms with Crippen LogP contribution < -0.4 is 5.56 Å². The molecule has 1 heterocycles. The highest BCUT2D eigenvalue weighted by Gasteiger charge is 2.14. The van der Waals surface area contributed by atoms with E-state index in [9.17, 15) is 9.59 Å². The number of hydrogen-bond donors (Lipinski definition) is 1. The van der Waals surface area contributed by atoms with Crippen LogP contribution in [0.3, 0.4) is 0 Å². The highest BCUT2D eigenvalue weighted by molar-refractivity contribution is 5.91. The largest absolute Gasteiger partial charge is 0.327 e. The Kier molecular flexibility index (Phi) is 6.56. The monoisotopic (exact) mass is 423 g/mol. The maximum Gasteiger partial charge on any atom is 0.258 e. The van der Waals surface area contributed by atoms with Gasteiger partial charge in [-0.15, -0.1) is 0 Å². The first-order valence-electron chi connectivity index (χ1n) is 10.7. The predicted molar refractivity (Wildman–Crippen MR) is 128 cm³/mol. The number of aryl methyl sites for hydroxylation is 1. The summed E-state index contributed by atoms with van der Waals surface area (Å²) in [7, 11) is 0. The molecule has 0 atom stereocenters. The molecule has 0 saturated heterocycles. The molecule has 3 aromatic carbocycles. The fourth-order valence-electron chi connectivity index (χ4n) is 3.54. The molecule has 0 saturated carbocycles. The molecule has 0 aliphatic rings. The van der Waals surface area contributed by atoms with Gasteiger partial charge in [0.1, 0.15) is 5.82 Å². The van der Waals surface area contributed by atoms with Crippen LogP contribution in [0.1, 0.15) is 29.4 Å². The summed E-state index contributed by atoms with van der Waals surface area (Å²) in [6.45, 7) is 2.73. The fourth-order valence-corrected chi connectivity index (χ4v) is 3.54. The van der Waals surface area contributed by atoms with E-state index in [4.69, 9.17) is 0 Å². The number of carbonyl (C=O) groups is 1. The van der Waals surface area contributed by atoms with Gasteiger partial charge in [0.05, 0.1) is 17.4 Å². The third-order valence-corrected chi connectivity index (χ3v) is 5.34. The third-order valence-electron chi connectivity index (χ3n) is 5.34. The minimum absolute atomic E-state index is 0.149. The summed E-state index contributed by atoms with van der Waals surface area (Å²) >= 11 is 0. The van der Waals surface area contributed by atoms with E-state index in [0.29, 0.717) is 23.3 Å². The van der Waals surface area contributed by atoms with E-state index in [2.05, 4.69) is 29.0 Å². The van der Waals surface area contributed by atoms with E-state index in [1.54, 1.807) is 23.1 Å². The first-order valence-corrected chi connectivity index (χ1v) is 10.7. The lowest BCUT2D eigenvalue weighted by Gasteiger charge is -2.21. The Balaban J connectivity index is 1.60. The number of hydrogen-bond acceptors (Lipinski definition) is 3. The number of fused-ring (bicyclic) bond motifs is 1. The summed E-state index contributed by atoms with van der Waals surface area (Å²) in [4.78, 5) is 34.6. The lowest BCUT2D eigenvalue weighted by atomic mass is 10.1. The average Bonchev–Trinajstić information content (AvgIpc) is 2.83. The molecule has 0 aliphatic carbocycles. The topological polar surface area (TPSA) is 66.1 Å². The van der Waals surface area contributed by atoms with E-state index >= 15 is 0 Å². The SMILES string of the molecule is CCc1ccc(C=CC(=O)N(Cc2ccccc2)Cc2nc3ccccc3c(=O)[nH]2)cc1. The molecular formula is C27H25N3O2. The first-order chi connectivity index (χ1) is 15.6. The van der Waals surface area contributed by atoms with Crippen molar-refractivity contribution in [2.45, 2.75) is 26.4 Å². The maximum absolute atomic E-state index is 13.1. The molecule has 0 bridgehead atoms. The molecule has 5 nitrogen and oxygen atoms in total. The molecular weight excluding hydrogens is 398 g/mol. The number of nitrogens with one attached hydrogen (secondary N) is 1.